The van der Waals surface area contributed by atoms with E-state index in [-0.39, 0.29) is 18.5 Å². The van der Waals surface area contributed by atoms with Gasteiger partial charge in [0.05, 0.1) is 24.5 Å². The lowest BCUT2D eigenvalue weighted by Crippen LogP contribution is -2.30. The Balaban J connectivity index is 1.78. The first-order valence-corrected chi connectivity index (χ1v) is 12.8. The lowest BCUT2D eigenvalue weighted by molar-refractivity contribution is 0.0940. The van der Waals surface area contributed by atoms with E-state index >= 15 is 0 Å². The van der Waals surface area contributed by atoms with Gasteiger partial charge in [-0.3, -0.25) is 9.10 Å². The zero-order valence-corrected chi connectivity index (χ0v) is 21.0. The first kappa shape index (κ1) is 24.5. The largest absolute Gasteiger partial charge is 0.346 e. The Morgan fingerprint density at radius 2 is 1.45 bits per heavy atom. The fourth-order valence-electron chi connectivity index (χ4n) is 3.85. The number of benzene rings is 3. The number of aryl methyl sites for hydroxylation is 4. The van der Waals surface area contributed by atoms with Crippen LogP contribution in [0.2, 0.25) is 0 Å². The lowest BCUT2D eigenvalue weighted by atomic mass is 9.96. The number of nitrogens with one attached hydrogen (secondary N) is 1. The first-order chi connectivity index (χ1) is 15.5. The molecule has 0 aliphatic heterocycles. The van der Waals surface area contributed by atoms with Crippen molar-refractivity contribution >= 4 is 21.6 Å². The average Bonchev–Trinajstić information content (AvgIpc) is 2.75. The third-order valence-corrected chi connectivity index (χ3v) is 7.10. The second-order valence-electron chi connectivity index (χ2n) is 8.79. The molecule has 0 radical (unpaired) electrons. The van der Waals surface area contributed by atoms with E-state index in [4.69, 9.17) is 0 Å². The van der Waals surface area contributed by atoms with Crippen LogP contribution in [0.5, 0.6) is 0 Å². The maximum atomic E-state index is 12.8. The number of carbonyl (C=O) groups is 1. The van der Waals surface area contributed by atoms with Crippen LogP contribution in [-0.2, 0) is 16.6 Å². The molecule has 1 unspecified atom stereocenters. The van der Waals surface area contributed by atoms with E-state index in [1.807, 2.05) is 45.0 Å². The molecule has 0 saturated heterocycles. The zero-order chi connectivity index (χ0) is 24.3. The summed E-state index contributed by atoms with van der Waals surface area (Å²) in [4.78, 5) is 12.8. The van der Waals surface area contributed by atoms with E-state index in [1.165, 1.54) is 21.7 Å². The number of hydrogen-bond donors (Lipinski definition) is 1. The number of hydrogen-bond acceptors (Lipinski definition) is 3. The fourth-order valence-corrected chi connectivity index (χ4v) is 4.73. The molecular formula is C27H32N2O3S. The summed E-state index contributed by atoms with van der Waals surface area (Å²) in [6.07, 6.45) is 1.19. The Kier molecular flexibility index (Phi) is 7.28. The molecule has 3 rings (SSSR count). The summed E-state index contributed by atoms with van der Waals surface area (Å²) in [5.41, 5.74) is 7.66. The molecule has 0 aromatic heterocycles. The van der Waals surface area contributed by atoms with Crippen molar-refractivity contribution in [3.05, 3.63) is 99.6 Å². The third kappa shape index (κ3) is 6.02. The van der Waals surface area contributed by atoms with Gasteiger partial charge in [0.1, 0.15) is 0 Å². The van der Waals surface area contributed by atoms with Crippen molar-refractivity contribution in [2.45, 2.75) is 47.2 Å². The molecule has 0 aliphatic carbocycles. The van der Waals surface area contributed by atoms with Crippen molar-refractivity contribution in [1.29, 1.82) is 0 Å². The van der Waals surface area contributed by atoms with Crippen LogP contribution in [0.15, 0.2) is 60.7 Å². The van der Waals surface area contributed by atoms with Crippen molar-refractivity contribution in [3.8, 4) is 0 Å². The van der Waals surface area contributed by atoms with E-state index in [1.54, 1.807) is 24.3 Å². The highest BCUT2D eigenvalue weighted by Crippen LogP contribution is 2.24. The van der Waals surface area contributed by atoms with Crippen molar-refractivity contribution in [2.24, 2.45) is 0 Å². The number of carbonyl (C=O) groups excluding carboxylic acids is 1. The van der Waals surface area contributed by atoms with Crippen molar-refractivity contribution < 1.29 is 13.2 Å². The van der Waals surface area contributed by atoms with Gasteiger partial charge in [-0.1, -0.05) is 42.0 Å². The first-order valence-electron chi connectivity index (χ1n) is 11.0. The molecule has 1 atom stereocenters. The van der Waals surface area contributed by atoms with Crippen LogP contribution in [0.4, 0.5) is 5.69 Å². The summed E-state index contributed by atoms with van der Waals surface area (Å²) in [6.45, 7) is 10.4. The molecule has 33 heavy (non-hydrogen) atoms. The fraction of sp³-hybridized carbons (Fsp3) is 0.296. The lowest BCUT2D eigenvalue weighted by Gasteiger charge is -2.23. The highest BCUT2D eigenvalue weighted by atomic mass is 32.2. The van der Waals surface area contributed by atoms with Gasteiger partial charge in [0.25, 0.3) is 5.91 Å². The van der Waals surface area contributed by atoms with Gasteiger partial charge >= 0.3 is 0 Å². The van der Waals surface area contributed by atoms with E-state index in [9.17, 15) is 13.2 Å². The Labute approximate surface area is 197 Å². The molecule has 0 fully saturated rings. The quantitative estimate of drug-likeness (QED) is 0.511. The average molecular weight is 465 g/mol. The van der Waals surface area contributed by atoms with Gasteiger partial charge in [-0.25, -0.2) is 8.42 Å². The second-order valence-corrected chi connectivity index (χ2v) is 10.7. The standard InChI is InChI=1S/C27H32N2O3S/c1-18-7-9-23(10-8-18)17-29(33(6,31)32)25-13-11-24(12-14-25)27(30)28-22(5)26-16-20(3)19(2)15-21(26)4/h7-16,22H,17H2,1-6H3,(H,28,30). The highest BCUT2D eigenvalue weighted by molar-refractivity contribution is 7.92. The maximum Gasteiger partial charge on any atom is 0.251 e. The van der Waals surface area contributed by atoms with E-state index in [0.717, 1.165) is 22.3 Å². The summed E-state index contributed by atoms with van der Waals surface area (Å²) in [5, 5.41) is 3.05. The van der Waals surface area contributed by atoms with Crippen LogP contribution in [0.3, 0.4) is 0 Å². The topological polar surface area (TPSA) is 66.5 Å². The van der Waals surface area contributed by atoms with E-state index in [2.05, 4.69) is 31.3 Å². The van der Waals surface area contributed by atoms with Crippen LogP contribution in [-0.4, -0.2) is 20.6 Å². The summed E-state index contributed by atoms with van der Waals surface area (Å²) < 4.78 is 26.3. The normalized spacial score (nSPS) is 12.3. The second kappa shape index (κ2) is 9.79. The molecule has 0 saturated carbocycles. The van der Waals surface area contributed by atoms with Crippen molar-refractivity contribution in [2.75, 3.05) is 10.6 Å². The van der Waals surface area contributed by atoms with Gasteiger partial charge < -0.3 is 5.32 Å². The monoisotopic (exact) mass is 464 g/mol. The van der Waals surface area contributed by atoms with Crippen LogP contribution >= 0.6 is 0 Å². The molecule has 174 valence electrons. The number of anilines is 1. The summed E-state index contributed by atoms with van der Waals surface area (Å²) in [6, 6.07) is 18.6. The van der Waals surface area contributed by atoms with Crippen LogP contribution in [0.1, 0.15) is 56.7 Å². The number of rotatable bonds is 7. The molecule has 1 N–H and O–H groups in total. The summed E-state index contributed by atoms with van der Waals surface area (Å²) >= 11 is 0. The Morgan fingerprint density at radius 3 is 2.03 bits per heavy atom. The summed E-state index contributed by atoms with van der Waals surface area (Å²) in [7, 11) is -3.49. The molecular weight excluding hydrogens is 432 g/mol. The van der Waals surface area contributed by atoms with Crippen molar-refractivity contribution in [1.82, 2.24) is 5.32 Å². The summed E-state index contributed by atoms with van der Waals surface area (Å²) in [5.74, 6) is -0.198. The molecule has 0 aliphatic rings. The minimum Gasteiger partial charge on any atom is -0.346 e. The number of sulfonamides is 1. The molecule has 1 amide bonds. The minimum absolute atomic E-state index is 0.148. The Hall–Kier alpha value is -3.12. The predicted molar refractivity (Wildman–Crippen MR) is 135 cm³/mol. The van der Waals surface area contributed by atoms with Crippen LogP contribution in [0.25, 0.3) is 0 Å². The molecule has 5 nitrogen and oxygen atoms in total. The van der Waals surface area contributed by atoms with Crippen LogP contribution < -0.4 is 9.62 Å². The van der Waals surface area contributed by atoms with Gasteiger partial charge in [-0.15, -0.1) is 0 Å². The molecule has 3 aromatic rings. The van der Waals surface area contributed by atoms with Gasteiger partial charge in [0, 0.05) is 5.56 Å². The smallest absolute Gasteiger partial charge is 0.251 e. The molecule has 0 spiro atoms. The van der Waals surface area contributed by atoms with Crippen LogP contribution in [0, 0.1) is 27.7 Å². The molecule has 0 bridgehead atoms. The van der Waals surface area contributed by atoms with E-state index in [0.29, 0.717) is 11.3 Å². The minimum atomic E-state index is -3.49. The highest BCUT2D eigenvalue weighted by Gasteiger charge is 2.19. The Bertz CT molecular complexity index is 1250. The van der Waals surface area contributed by atoms with Gasteiger partial charge in [-0.05, 0) is 86.7 Å². The SMILES string of the molecule is Cc1ccc(CN(c2ccc(C(=O)NC(C)c3cc(C)c(C)cc3C)cc2)S(C)(=O)=O)cc1. The van der Waals surface area contributed by atoms with Gasteiger partial charge in [-0.2, -0.15) is 0 Å². The van der Waals surface area contributed by atoms with E-state index < -0.39 is 10.0 Å². The van der Waals surface area contributed by atoms with Gasteiger partial charge in [0.15, 0.2) is 0 Å². The zero-order valence-electron chi connectivity index (χ0n) is 20.1. The van der Waals surface area contributed by atoms with Crippen molar-refractivity contribution in [3.63, 3.8) is 0 Å². The third-order valence-electron chi connectivity index (χ3n) is 5.96. The predicted octanol–water partition coefficient (Wildman–Crippen LogP) is 5.38. The molecule has 3 aromatic carbocycles. The number of amides is 1. The molecule has 0 heterocycles. The number of nitrogens with zero attached hydrogens (tertiary/aromatic N) is 1. The maximum absolute atomic E-state index is 12.8. The Morgan fingerprint density at radius 1 is 0.879 bits per heavy atom. The molecule has 6 heteroatoms. The van der Waals surface area contributed by atoms with Gasteiger partial charge in [0.2, 0.25) is 10.0 Å².